The minimum absolute atomic E-state index is 0.0707. The van der Waals surface area contributed by atoms with Gasteiger partial charge >= 0.3 is 12.1 Å². The lowest BCUT2D eigenvalue weighted by Crippen LogP contribution is -2.29. The minimum atomic E-state index is -4.56. The molecule has 0 aliphatic carbocycles. The Morgan fingerprint density at radius 3 is 2.58 bits per heavy atom. The molecule has 0 saturated heterocycles. The SMILES string of the molecule is CC(CN(C)c1ccc(Br)c(C(F)(F)F)n1)C(=O)O. The number of halogens is 4. The Hall–Kier alpha value is -1.31. The highest BCUT2D eigenvalue weighted by molar-refractivity contribution is 9.10. The zero-order chi connectivity index (χ0) is 14.8. The number of nitrogens with zero attached hydrogens (tertiary/aromatic N) is 2. The standard InChI is InChI=1S/C11H12BrF3N2O2/c1-6(10(18)19)5-17(2)8-4-3-7(12)9(16-8)11(13,14)15/h3-4,6H,5H2,1-2H3,(H,18,19). The van der Waals surface area contributed by atoms with E-state index in [-0.39, 0.29) is 16.8 Å². The zero-order valence-corrected chi connectivity index (χ0v) is 11.8. The Labute approximate surface area is 116 Å². The van der Waals surface area contributed by atoms with Crippen LogP contribution in [-0.4, -0.2) is 29.7 Å². The predicted molar refractivity (Wildman–Crippen MR) is 67.0 cm³/mol. The van der Waals surface area contributed by atoms with Crippen LogP contribution in [0, 0.1) is 5.92 Å². The summed E-state index contributed by atoms with van der Waals surface area (Å²) in [6, 6.07) is 2.64. The van der Waals surface area contributed by atoms with Gasteiger partial charge in [-0.3, -0.25) is 4.79 Å². The van der Waals surface area contributed by atoms with Crippen molar-refractivity contribution >= 4 is 27.7 Å². The van der Waals surface area contributed by atoms with Gasteiger partial charge in [0.2, 0.25) is 0 Å². The monoisotopic (exact) mass is 340 g/mol. The molecule has 0 aliphatic heterocycles. The maximum Gasteiger partial charge on any atom is 0.434 e. The molecule has 0 bridgehead atoms. The molecular weight excluding hydrogens is 329 g/mol. The topological polar surface area (TPSA) is 53.4 Å². The quantitative estimate of drug-likeness (QED) is 0.915. The third-order valence-electron chi connectivity index (χ3n) is 2.46. The maximum atomic E-state index is 12.7. The van der Waals surface area contributed by atoms with Gasteiger partial charge in [-0.1, -0.05) is 6.92 Å². The number of carboxylic acids is 1. The Morgan fingerprint density at radius 2 is 2.11 bits per heavy atom. The Balaban J connectivity index is 2.99. The first-order chi connectivity index (χ1) is 8.62. The molecular formula is C11H12BrF3N2O2. The van der Waals surface area contributed by atoms with E-state index in [4.69, 9.17) is 5.11 Å². The molecule has 0 spiro atoms. The second kappa shape index (κ2) is 5.77. The fourth-order valence-electron chi connectivity index (χ4n) is 1.43. The molecule has 0 amide bonds. The van der Waals surface area contributed by atoms with Crippen LogP contribution in [0.1, 0.15) is 12.6 Å². The highest BCUT2D eigenvalue weighted by Crippen LogP contribution is 2.34. The van der Waals surface area contributed by atoms with Crippen molar-refractivity contribution in [2.24, 2.45) is 5.92 Å². The molecule has 0 aliphatic rings. The van der Waals surface area contributed by atoms with Crippen molar-refractivity contribution in [3.63, 3.8) is 0 Å². The Morgan fingerprint density at radius 1 is 1.53 bits per heavy atom. The van der Waals surface area contributed by atoms with Crippen LogP contribution >= 0.6 is 15.9 Å². The van der Waals surface area contributed by atoms with Gasteiger partial charge in [0, 0.05) is 18.1 Å². The van der Waals surface area contributed by atoms with Gasteiger partial charge in [0.25, 0.3) is 0 Å². The lowest BCUT2D eigenvalue weighted by atomic mass is 10.2. The van der Waals surface area contributed by atoms with E-state index in [1.165, 1.54) is 31.0 Å². The molecule has 1 rings (SSSR count). The minimum Gasteiger partial charge on any atom is -0.481 e. The largest absolute Gasteiger partial charge is 0.481 e. The molecule has 1 aromatic heterocycles. The normalized spacial score (nSPS) is 13.2. The lowest BCUT2D eigenvalue weighted by Gasteiger charge is -2.21. The summed E-state index contributed by atoms with van der Waals surface area (Å²) in [6.07, 6.45) is -4.56. The van der Waals surface area contributed by atoms with Gasteiger partial charge in [0.1, 0.15) is 5.82 Å². The first kappa shape index (κ1) is 15.7. The van der Waals surface area contributed by atoms with Crippen molar-refractivity contribution in [2.75, 3.05) is 18.5 Å². The molecule has 0 fully saturated rings. The van der Waals surface area contributed by atoms with Crippen molar-refractivity contribution < 1.29 is 23.1 Å². The molecule has 0 aromatic carbocycles. The van der Waals surface area contributed by atoms with Gasteiger partial charge in [-0.25, -0.2) is 4.98 Å². The first-order valence-electron chi connectivity index (χ1n) is 5.30. The summed E-state index contributed by atoms with van der Waals surface area (Å²) in [4.78, 5) is 15.6. The second-order valence-electron chi connectivity index (χ2n) is 4.12. The highest BCUT2D eigenvalue weighted by atomic mass is 79.9. The van der Waals surface area contributed by atoms with Crippen LogP contribution < -0.4 is 4.90 Å². The first-order valence-corrected chi connectivity index (χ1v) is 6.10. The second-order valence-corrected chi connectivity index (χ2v) is 4.97. The van der Waals surface area contributed by atoms with E-state index in [1.54, 1.807) is 0 Å². The van der Waals surface area contributed by atoms with E-state index < -0.39 is 23.8 Å². The number of alkyl halides is 3. The number of anilines is 1. The van der Waals surface area contributed by atoms with Crippen molar-refractivity contribution in [3.8, 4) is 0 Å². The smallest absolute Gasteiger partial charge is 0.434 e. The molecule has 1 aromatic rings. The van der Waals surface area contributed by atoms with E-state index >= 15 is 0 Å². The van der Waals surface area contributed by atoms with Crippen LogP contribution in [0.3, 0.4) is 0 Å². The van der Waals surface area contributed by atoms with E-state index in [2.05, 4.69) is 20.9 Å². The fraction of sp³-hybridized carbons (Fsp3) is 0.455. The molecule has 1 atom stereocenters. The molecule has 106 valence electrons. The Kier molecular flexibility index (Phi) is 4.78. The highest BCUT2D eigenvalue weighted by Gasteiger charge is 2.35. The lowest BCUT2D eigenvalue weighted by molar-refractivity contribution is -0.142. The number of aromatic nitrogens is 1. The third-order valence-corrected chi connectivity index (χ3v) is 3.10. The zero-order valence-electron chi connectivity index (χ0n) is 10.2. The molecule has 1 unspecified atom stereocenters. The molecule has 1 N–H and O–H groups in total. The molecule has 4 nitrogen and oxygen atoms in total. The van der Waals surface area contributed by atoms with Crippen LogP contribution in [0.4, 0.5) is 19.0 Å². The number of hydrogen-bond donors (Lipinski definition) is 1. The van der Waals surface area contributed by atoms with Crippen LogP contribution in [0.5, 0.6) is 0 Å². The molecule has 19 heavy (non-hydrogen) atoms. The van der Waals surface area contributed by atoms with E-state index in [1.807, 2.05) is 0 Å². The number of hydrogen-bond acceptors (Lipinski definition) is 3. The van der Waals surface area contributed by atoms with Crippen LogP contribution in [0.2, 0.25) is 0 Å². The van der Waals surface area contributed by atoms with Crippen molar-refractivity contribution in [1.29, 1.82) is 0 Å². The van der Waals surface area contributed by atoms with E-state index in [0.29, 0.717) is 0 Å². The van der Waals surface area contributed by atoms with E-state index in [0.717, 1.165) is 0 Å². The van der Waals surface area contributed by atoms with Gasteiger partial charge in [-0.2, -0.15) is 13.2 Å². The van der Waals surface area contributed by atoms with Crippen LogP contribution in [0.15, 0.2) is 16.6 Å². The van der Waals surface area contributed by atoms with Gasteiger partial charge in [0.05, 0.1) is 5.92 Å². The summed E-state index contributed by atoms with van der Waals surface area (Å²) in [6.45, 7) is 1.55. The predicted octanol–water partition coefficient (Wildman–Crippen LogP) is 3.02. The summed E-state index contributed by atoms with van der Waals surface area (Å²) in [7, 11) is 1.50. The molecule has 0 radical (unpaired) electrons. The Bertz CT molecular complexity index is 479. The van der Waals surface area contributed by atoms with Crippen LogP contribution in [0.25, 0.3) is 0 Å². The third kappa shape index (κ3) is 4.09. The number of carbonyl (C=O) groups is 1. The van der Waals surface area contributed by atoms with Crippen molar-refractivity contribution in [2.45, 2.75) is 13.1 Å². The number of rotatable bonds is 4. The van der Waals surface area contributed by atoms with Gasteiger partial charge in [-0.15, -0.1) is 0 Å². The molecule has 8 heteroatoms. The van der Waals surface area contributed by atoms with Gasteiger partial charge in [-0.05, 0) is 28.1 Å². The average Bonchev–Trinajstić information content (AvgIpc) is 2.27. The van der Waals surface area contributed by atoms with Gasteiger partial charge < -0.3 is 10.0 Å². The maximum absolute atomic E-state index is 12.7. The number of aliphatic carboxylic acids is 1. The average molecular weight is 341 g/mol. The molecule has 0 saturated carbocycles. The van der Waals surface area contributed by atoms with Crippen molar-refractivity contribution in [1.82, 2.24) is 4.98 Å². The van der Waals surface area contributed by atoms with Gasteiger partial charge in [0.15, 0.2) is 5.69 Å². The summed E-state index contributed by atoms with van der Waals surface area (Å²) >= 11 is 2.79. The van der Waals surface area contributed by atoms with Crippen molar-refractivity contribution in [3.05, 3.63) is 22.3 Å². The van der Waals surface area contributed by atoms with E-state index in [9.17, 15) is 18.0 Å². The fourth-order valence-corrected chi connectivity index (χ4v) is 1.87. The molecule has 1 heterocycles. The summed E-state index contributed by atoms with van der Waals surface area (Å²) in [5.41, 5.74) is -1.03. The summed E-state index contributed by atoms with van der Waals surface area (Å²) < 4.78 is 37.9. The van der Waals surface area contributed by atoms with Crippen LogP contribution in [-0.2, 0) is 11.0 Å². The number of carboxylic acid groups (broad SMARTS) is 1. The summed E-state index contributed by atoms with van der Waals surface area (Å²) in [5.74, 6) is -1.64. The number of pyridine rings is 1. The summed E-state index contributed by atoms with van der Waals surface area (Å²) in [5, 5.41) is 8.77.